The molecule has 0 fully saturated rings. The quantitative estimate of drug-likeness (QED) is 0.343. The standard InChI is InChI=1S/C26H23P/c1-18-10-4-7-13-22(18)21-16-25(23-14-8-5-11-19(23)2)27-26(17-21)24-15-9-6-12-20(24)3/h4-17H,1-3H3. The van der Waals surface area contributed by atoms with Crippen molar-refractivity contribution in [2.24, 2.45) is 0 Å². The average molecular weight is 366 g/mol. The van der Waals surface area contributed by atoms with Gasteiger partial charge in [0.1, 0.15) is 0 Å². The maximum atomic E-state index is 2.37. The Morgan fingerprint density at radius 2 is 0.852 bits per heavy atom. The fraction of sp³-hybridized carbons (Fsp3) is 0.115. The number of benzene rings is 3. The van der Waals surface area contributed by atoms with Crippen LogP contribution in [-0.2, 0) is 0 Å². The topological polar surface area (TPSA) is 0 Å². The summed E-state index contributed by atoms with van der Waals surface area (Å²) >= 11 is 0. The minimum absolute atomic E-state index is 1.27. The van der Waals surface area contributed by atoms with Crippen LogP contribution in [0.15, 0.2) is 84.9 Å². The molecular formula is C26H23P. The van der Waals surface area contributed by atoms with Crippen molar-refractivity contribution in [3.63, 3.8) is 0 Å². The second kappa shape index (κ2) is 7.51. The highest BCUT2D eigenvalue weighted by Gasteiger charge is 2.11. The van der Waals surface area contributed by atoms with Gasteiger partial charge in [-0.05, 0) is 71.8 Å². The minimum Gasteiger partial charge on any atom is -0.0620 e. The van der Waals surface area contributed by atoms with E-state index in [4.69, 9.17) is 0 Å². The van der Waals surface area contributed by atoms with E-state index in [1.165, 1.54) is 57.7 Å². The maximum Gasteiger partial charge on any atom is 0.0105 e. The van der Waals surface area contributed by atoms with Gasteiger partial charge in [0.05, 0.1) is 0 Å². The highest BCUT2D eigenvalue weighted by Crippen LogP contribution is 2.42. The molecule has 4 aromatic rings. The van der Waals surface area contributed by atoms with E-state index >= 15 is 0 Å². The molecule has 27 heavy (non-hydrogen) atoms. The molecule has 0 radical (unpaired) electrons. The minimum atomic E-state index is 1.27. The van der Waals surface area contributed by atoms with Crippen molar-refractivity contribution >= 4 is 8.19 Å². The van der Waals surface area contributed by atoms with Crippen LogP contribution in [0.2, 0.25) is 0 Å². The average Bonchev–Trinajstić information content (AvgIpc) is 2.69. The van der Waals surface area contributed by atoms with E-state index in [2.05, 4.69) is 106 Å². The highest BCUT2D eigenvalue weighted by molar-refractivity contribution is 7.37. The van der Waals surface area contributed by atoms with Gasteiger partial charge in [-0.2, -0.15) is 0 Å². The second-order valence-corrected chi connectivity index (χ2v) is 8.26. The zero-order valence-electron chi connectivity index (χ0n) is 16.0. The highest BCUT2D eigenvalue weighted by atomic mass is 31.0. The summed E-state index contributed by atoms with van der Waals surface area (Å²) in [6.07, 6.45) is 0. The van der Waals surface area contributed by atoms with E-state index in [9.17, 15) is 0 Å². The Morgan fingerprint density at radius 1 is 0.481 bits per heavy atom. The Labute approximate surface area is 163 Å². The van der Waals surface area contributed by atoms with Gasteiger partial charge in [-0.1, -0.05) is 81.0 Å². The lowest BCUT2D eigenvalue weighted by atomic mass is 9.98. The lowest BCUT2D eigenvalue weighted by Crippen LogP contribution is -1.87. The zero-order chi connectivity index (χ0) is 18.8. The summed E-state index contributed by atoms with van der Waals surface area (Å²) in [5.74, 6) is 0. The molecular weight excluding hydrogens is 343 g/mol. The zero-order valence-corrected chi connectivity index (χ0v) is 16.9. The van der Waals surface area contributed by atoms with Crippen molar-refractivity contribution in [1.82, 2.24) is 0 Å². The lowest BCUT2D eigenvalue weighted by molar-refractivity contribution is 1.45. The smallest absolute Gasteiger partial charge is 0.0105 e. The van der Waals surface area contributed by atoms with E-state index in [0.29, 0.717) is 0 Å². The van der Waals surface area contributed by atoms with Gasteiger partial charge in [-0.3, -0.25) is 0 Å². The van der Waals surface area contributed by atoms with Crippen LogP contribution in [0.5, 0.6) is 0 Å². The molecule has 0 aliphatic rings. The molecule has 0 aliphatic carbocycles. The summed E-state index contributed by atoms with van der Waals surface area (Å²) < 4.78 is 0. The molecule has 0 spiro atoms. The summed E-state index contributed by atoms with van der Waals surface area (Å²) in [5.41, 5.74) is 9.24. The van der Waals surface area contributed by atoms with Gasteiger partial charge >= 0.3 is 0 Å². The Bertz CT molecular complexity index is 955. The fourth-order valence-corrected chi connectivity index (χ4v) is 4.99. The third kappa shape index (κ3) is 3.59. The van der Waals surface area contributed by atoms with Crippen molar-refractivity contribution in [2.75, 3.05) is 0 Å². The predicted molar refractivity (Wildman–Crippen MR) is 119 cm³/mol. The van der Waals surface area contributed by atoms with Gasteiger partial charge in [0.25, 0.3) is 0 Å². The fourth-order valence-electron chi connectivity index (χ4n) is 3.58. The summed E-state index contributed by atoms with van der Waals surface area (Å²) in [6.45, 7) is 6.59. The van der Waals surface area contributed by atoms with Crippen LogP contribution < -0.4 is 0 Å². The largest absolute Gasteiger partial charge is 0.0620 e. The maximum absolute atomic E-state index is 2.37. The van der Waals surface area contributed by atoms with Crippen molar-refractivity contribution in [2.45, 2.75) is 20.8 Å². The Balaban J connectivity index is 1.99. The molecule has 0 atom stereocenters. The molecule has 1 aromatic heterocycles. The number of aryl methyl sites for hydroxylation is 3. The van der Waals surface area contributed by atoms with Gasteiger partial charge in [0.15, 0.2) is 0 Å². The number of hydrogen-bond donors (Lipinski definition) is 0. The third-order valence-corrected chi connectivity index (χ3v) is 6.35. The van der Waals surface area contributed by atoms with Crippen molar-refractivity contribution < 1.29 is 0 Å². The molecule has 0 amide bonds. The predicted octanol–water partition coefficient (Wildman–Crippen LogP) is 8.19. The van der Waals surface area contributed by atoms with Gasteiger partial charge in [0.2, 0.25) is 0 Å². The van der Waals surface area contributed by atoms with Crippen molar-refractivity contribution in [3.8, 4) is 32.8 Å². The third-order valence-electron chi connectivity index (χ3n) is 5.12. The molecule has 0 bridgehead atoms. The number of hydrogen-bond acceptors (Lipinski definition) is 0. The van der Waals surface area contributed by atoms with Crippen LogP contribution >= 0.6 is 8.19 Å². The molecule has 0 nitrogen and oxygen atoms in total. The van der Waals surface area contributed by atoms with E-state index < -0.39 is 0 Å². The molecule has 0 saturated heterocycles. The SMILES string of the molecule is Cc1ccccc1-c1cc(-c2ccccc2C)pc(-c2ccccc2C)c1. The first kappa shape index (κ1) is 17.7. The molecule has 0 unspecified atom stereocenters. The molecule has 0 aliphatic heterocycles. The second-order valence-electron chi connectivity index (χ2n) is 7.07. The molecule has 3 aromatic carbocycles. The van der Waals surface area contributed by atoms with Crippen LogP contribution in [0, 0.1) is 20.8 Å². The Morgan fingerprint density at radius 3 is 1.26 bits per heavy atom. The van der Waals surface area contributed by atoms with Gasteiger partial charge in [-0.15, -0.1) is 0 Å². The molecule has 1 heterocycles. The van der Waals surface area contributed by atoms with E-state index in [1.807, 2.05) is 0 Å². The van der Waals surface area contributed by atoms with Gasteiger partial charge in [0, 0.05) is 10.6 Å². The van der Waals surface area contributed by atoms with Crippen LogP contribution in [0.1, 0.15) is 16.7 Å². The lowest BCUT2D eigenvalue weighted by Gasteiger charge is -2.14. The van der Waals surface area contributed by atoms with Crippen molar-refractivity contribution in [3.05, 3.63) is 102 Å². The van der Waals surface area contributed by atoms with Crippen LogP contribution in [0.3, 0.4) is 0 Å². The molecule has 4 rings (SSSR count). The molecule has 0 N–H and O–H groups in total. The molecule has 0 saturated carbocycles. The summed E-state index contributed by atoms with van der Waals surface area (Å²) in [6, 6.07) is 30.8. The van der Waals surface area contributed by atoms with Crippen molar-refractivity contribution in [1.29, 1.82) is 0 Å². The van der Waals surface area contributed by atoms with E-state index in [0.717, 1.165) is 0 Å². The summed E-state index contributed by atoms with van der Waals surface area (Å²) in [5, 5.41) is 2.74. The molecule has 1 heteroatoms. The first-order chi connectivity index (χ1) is 13.1. The van der Waals surface area contributed by atoms with E-state index in [1.54, 1.807) is 0 Å². The first-order valence-electron chi connectivity index (χ1n) is 9.33. The summed E-state index contributed by atoms with van der Waals surface area (Å²) in [4.78, 5) is 0. The first-order valence-corrected chi connectivity index (χ1v) is 10.2. The van der Waals surface area contributed by atoms with Crippen LogP contribution in [0.25, 0.3) is 32.8 Å². The monoisotopic (exact) mass is 366 g/mol. The summed E-state index contributed by atoms with van der Waals surface area (Å²) in [7, 11) is 1.27. The Hall–Kier alpha value is -2.69. The van der Waals surface area contributed by atoms with Crippen LogP contribution in [-0.4, -0.2) is 0 Å². The van der Waals surface area contributed by atoms with Gasteiger partial charge < -0.3 is 0 Å². The van der Waals surface area contributed by atoms with E-state index in [-0.39, 0.29) is 0 Å². The van der Waals surface area contributed by atoms with Crippen LogP contribution in [0.4, 0.5) is 0 Å². The molecule has 132 valence electrons. The Kier molecular flexibility index (Phi) is 4.92. The number of rotatable bonds is 3. The van der Waals surface area contributed by atoms with Gasteiger partial charge in [-0.25, -0.2) is 0 Å². The normalized spacial score (nSPS) is 10.8.